The third-order valence-corrected chi connectivity index (χ3v) is 5.05. The molecule has 0 fully saturated rings. The number of nitrogens with one attached hydrogen (secondary N) is 1. The van der Waals surface area contributed by atoms with Gasteiger partial charge in [-0.3, -0.25) is 0 Å². The molecule has 0 radical (unpaired) electrons. The average Bonchev–Trinajstić information content (AvgIpc) is 2.37. The van der Waals surface area contributed by atoms with Crippen molar-refractivity contribution < 1.29 is 8.42 Å². The van der Waals surface area contributed by atoms with Gasteiger partial charge in [0.25, 0.3) is 0 Å². The number of benzene rings is 1. The fourth-order valence-electron chi connectivity index (χ4n) is 2.04. The van der Waals surface area contributed by atoms with Crippen molar-refractivity contribution in [1.29, 1.82) is 0 Å². The Morgan fingerprint density at radius 1 is 1.28 bits per heavy atom. The lowest BCUT2D eigenvalue weighted by Gasteiger charge is -2.19. The van der Waals surface area contributed by atoms with Gasteiger partial charge in [0.05, 0.1) is 4.91 Å². The lowest BCUT2D eigenvalue weighted by Crippen LogP contribution is -2.33. The zero-order valence-corrected chi connectivity index (χ0v) is 11.6. The second-order valence-corrected chi connectivity index (χ2v) is 6.51. The number of hydrogen-bond donors (Lipinski definition) is 1. The maximum Gasteiger partial charge on any atom is 0.236 e. The van der Waals surface area contributed by atoms with E-state index in [1.807, 2.05) is 32.0 Å². The fourth-order valence-corrected chi connectivity index (χ4v) is 3.54. The molecule has 1 N–H and O–H groups in total. The van der Waals surface area contributed by atoms with E-state index in [9.17, 15) is 8.42 Å². The first-order valence-electron chi connectivity index (χ1n) is 6.33. The van der Waals surface area contributed by atoms with Crippen molar-refractivity contribution in [3.8, 4) is 0 Å². The molecule has 0 bridgehead atoms. The lowest BCUT2D eigenvalue weighted by atomic mass is 9.98. The van der Waals surface area contributed by atoms with Gasteiger partial charge in [-0.15, -0.1) is 0 Å². The fraction of sp³-hybridized carbons (Fsp3) is 0.429. The van der Waals surface area contributed by atoms with E-state index in [4.69, 9.17) is 0 Å². The van der Waals surface area contributed by atoms with Gasteiger partial charge >= 0.3 is 0 Å². The van der Waals surface area contributed by atoms with Gasteiger partial charge < -0.3 is 0 Å². The van der Waals surface area contributed by atoms with Crippen LogP contribution >= 0.6 is 0 Å². The summed E-state index contributed by atoms with van der Waals surface area (Å²) in [6.45, 7) is 3.85. The van der Waals surface area contributed by atoms with Crippen molar-refractivity contribution >= 4 is 16.1 Å². The highest BCUT2D eigenvalue weighted by atomic mass is 32.2. The van der Waals surface area contributed by atoms with Crippen molar-refractivity contribution in [3.63, 3.8) is 0 Å². The van der Waals surface area contributed by atoms with Crippen LogP contribution in [0.25, 0.3) is 6.08 Å². The molecule has 1 aromatic rings. The summed E-state index contributed by atoms with van der Waals surface area (Å²) in [4.78, 5) is 0.501. The molecule has 0 saturated heterocycles. The molecule has 1 atom stereocenters. The zero-order chi connectivity index (χ0) is 13.2. The van der Waals surface area contributed by atoms with E-state index in [1.165, 1.54) is 5.56 Å². The Labute approximate surface area is 109 Å². The van der Waals surface area contributed by atoms with Gasteiger partial charge in [-0.05, 0) is 43.4 Å². The van der Waals surface area contributed by atoms with Gasteiger partial charge in [-0.25, -0.2) is 13.1 Å². The van der Waals surface area contributed by atoms with E-state index >= 15 is 0 Å². The van der Waals surface area contributed by atoms with Crippen LogP contribution in [0.1, 0.15) is 37.8 Å². The maximum absolute atomic E-state index is 12.2. The van der Waals surface area contributed by atoms with Crippen molar-refractivity contribution in [2.75, 3.05) is 0 Å². The van der Waals surface area contributed by atoms with Gasteiger partial charge in [0.2, 0.25) is 10.0 Å². The van der Waals surface area contributed by atoms with Crippen LogP contribution in [-0.4, -0.2) is 14.5 Å². The highest BCUT2D eigenvalue weighted by Crippen LogP contribution is 2.26. The average molecular weight is 265 g/mol. The van der Waals surface area contributed by atoms with Gasteiger partial charge in [-0.1, -0.05) is 31.2 Å². The minimum Gasteiger partial charge on any atom is -0.209 e. The van der Waals surface area contributed by atoms with Gasteiger partial charge in [0.15, 0.2) is 0 Å². The van der Waals surface area contributed by atoms with Crippen LogP contribution in [0.15, 0.2) is 29.2 Å². The molecule has 4 heteroatoms. The zero-order valence-electron chi connectivity index (χ0n) is 10.8. The summed E-state index contributed by atoms with van der Waals surface area (Å²) in [6.07, 6.45) is 3.97. The lowest BCUT2D eigenvalue weighted by molar-refractivity contribution is 0.560. The summed E-state index contributed by atoms with van der Waals surface area (Å²) < 4.78 is 27.1. The monoisotopic (exact) mass is 265 g/mol. The van der Waals surface area contributed by atoms with Crippen molar-refractivity contribution in [2.24, 2.45) is 0 Å². The Kier molecular flexibility index (Phi) is 3.88. The second-order valence-electron chi connectivity index (χ2n) is 4.74. The Morgan fingerprint density at radius 2 is 2.00 bits per heavy atom. The molecule has 2 rings (SSSR count). The topological polar surface area (TPSA) is 46.2 Å². The third-order valence-electron chi connectivity index (χ3n) is 3.33. The molecule has 0 spiro atoms. The largest absolute Gasteiger partial charge is 0.236 e. The Hall–Kier alpha value is -1.13. The Balaban J connectivity index is 2.28. The number of rotatable bonds is 4. The summed E-state index contributed by atoms with van der Waals surface area (Å²) in [5.74, 6) is 0. The number of aryl methyl sites for hydroxylation is 1. The molecule has 0 amide bonds. The third kappa shape index (κ3) is 2.82. The number of fused-ring (bicyclic) bond motifs is 1. The Bertz CT molecular complexity index is 561. The summed E-state index contributed by atoms with van der Waals surface area (Å²) >= 11 is 0. The first-order chi connectivity index (χ1) is 8.53. The minimum absolute atomic E-state index is 0.0203. The molecule has 18 heavy (non-hydrogen) atoms. The van der Waals surface area contributed by atoms with E-state index in [-0.39, 0.29) is 6.04 Å². The molecule has 0 aromatic heterocycles. The molecule has 3 nitrogen and oxygen atoms in total. The summed E-state index contributed by atoms with van der Waals surface area (Å²) in [6, 6.07) is 7.93. The van der Waals surface area contributed by atoms with Crippen LogP contribution in [0.5, 0.6) is 0 Å². The molecule has 1 aliphatic rings. The first-order valence-corrected chi connectivity index (χ1v) is 7.82. The molecule has 1 aliphatic carbocycles. The van der Waals surface area contributed by atoms with Gasteiger partial charge in [-0.2, -0.15) is 0 Å². The number of sulfonamides is 1. The van der Waals surface area contributed by atoms with Crippen LogP contribution in [0, 0.1) is 0 Å². The Morgan fingerprint density at radius 3 is 2.72 bits per heavy atom. The highest BCUT2D eigenvalue weighted by molar-refractivity contribution is 7.93. The van der Waals surface area contributed by atoms with Crippen LogP contribution in [0.3, 0.4) is 0 Å². The molecule has 0 unspecified atom stereocenters. The molecule has 0 saturated carbocycles. The summed E-state index contributed by atoms with van der Waals surface area (Å²) in [7, 11) is -3.33. The normalized spacial score (nSPS) is 16.9. The smallest absolute Gasteiger partial charge is 0.209 e. The summed E-state index contributed by atoms with van der Waals surface area (Å²) in [5, 5.41) is 0. The predicted octanol–water partition coefficient (Wildman–Crippen LogP) is 2.69. The molecular formula is C14H19NO2S. The van der Waals surface area contributed by atoms with Crippen LogP contribution in [-0.2, 0) is 16.4 Å². The van der Waals surface area contributed by atoms with Crippen LogP contribution in [0.2, 0.25) is 0 Å². The molecule has 0 heterocycles. The van der Waals surface area contributed by atoms with Crippen molar-refractivity contribution in [3.05, 3.63) is 40.3 Å². The van der Waals surface area contributed by atoms with Crippen molar-refractivity contribution in [1.82, 2.24) is 4.72 Å². The molecule has 98 valence electrons. The maximum atomic E-state index is 12.2. The molecule has 0 aliphatic heterocycles. The quantitative estimate of drug-likeness (QED) is 0.909. The van der Waals surface area contributed by atoms with E-state index in [0.29, 0.717) is 11.3 Å². The number of hydrogen-bond acceptors (Lipinski definition) is 2. The van der Waals surface area contributed by atoms with Crippen LogP contribution < -0.4 is 4.72 Å². The van der Waals surface area contributed by atoms with Gasteiger partial charge in [0, 0.05) is 6.04 Å². The van der Waals surface area contributed by atoms with Crippen LogP contribution in [0.4, 0.5) is 0 Å². The van der Waals surface area contributed by atoms with E-state index < -0.39 is 10.0 Å². The first kappa shape index (κ1) is 13.3. The standard InChI is InChI=1S/C14H19NO2S/c1-3-11(2)15-18(16,17)14-9-8-12-6-4-5-7-13(12)10-14/h4-7,10-11,15H,3,8-9H2,1-2H3/t11-/m0/s1. The molecule has 1 aromatic carbocycles. The summed E-state index contributed by atoms with van der Waals surface area (Å²) in [5.41, 5.74) is 2.24. The van der Waals surface area contributed by atoms with E-state index in [1.54, 1.807) is 6.08 Å². The minimum atomic E-state index is -3.33. The van der Waals surface area contributed by atoms with Crippen molar-refractivity contribution in [2.45, 2.75) is 39.2 Å². The molecular weight excluding hydrogens is 246 g/mol. The second kappa shape index (κ2) is 5.24. The van der Waals surface area contributed by atoms with Gasteiger partial charge in [0.1, 0.15) is 0 Å². The number of allylic oxidation sites excluding steroid dienone is 1. The SMILES string of the molecule is CC[C@H](C)NS(=O)(=O)C1=Cc2ccccc2CC1. The van der Waals surface area contributed by atoms with E-state index in [0.717, 1.165) is 18.4 Å². The predicted molar refractivity (Wildman–Crippen MR) is 74.5 cm³/mol. The highest BCUT2D eigenvalue weighted by Gasteiger charge is 2.22. The van der Waals surface area contributed by atoms with E-state index in [2.05, 4.69) is 10.8 Å².